The van der Waals surface area contributed by atoms with Gasteiger partial charge in [0.05, 0.1) is 12.0 Å². The maximum Gasteiger partial charge on any atom is 0.243 e. The number of sulfonamides is 1. The van der Waals surface area contributed by atoms with Gasteiger partial charge in [0.1, 0.15) is 5.75 Å². The van der Waals surface area contributed by atoms with Crippen LogP contribution in [0.5, 0.6) is 5.75 Å². The van der Waals surface area contributed by atoms with Crippen molar-refractivity contribution in [2.75, 3.05) is 7.11 Å². The van der Waals surface area contributed by atoms with Crippen molar-refractivity contribution in [1.29, 1.82) is 0 Å². The minimum atomic E-state index is -3.83. The molecular weight excluding hydrogens is 406 g/mol. The second-order valence-electron chi connectivity index (χ2n) is 6.43. The molecule has 0 aliphatic heterocycles. The number of carbonyl (C=O) groups excluding carboxylic acids is 1. The van der Waals surface area contributed by atoms with E-state index in [0.29, 0.717) is 11.3 Å². The minimum Gasteiger partial charge on any atom is -0.759 e. The molecule has 0 aliphatic carbocycles. The third-order valence-corrected chi connectivity index (χ3v) is 6.28. The first-order valence-corrected chi connectivity index (χ1v) is 10.4. The van der Waals surface area contributed by atoms with E-state index in [1.54, 1.807) is 48.8 Å². The molecule has 3 rings (SSSR count). The smallest absolute Gasteiger partial charge is 0.243 e. The Labute approximate surface area is 174 Å². The number of methoxy groups -OCH3 is 1. The van der Waals surface area contributed by atoms with Gasteiger partial charge in [0.2, 0.25) is 15.9 Å². The van der Waals surface area contributed by atoms with Crippen molar-refractivity contribution in [3.63, 3.8) is 0 Å². The van der Waals surface area contributed by atoms with Crippen LogP contribution in [0.25, 0.3) is 0 Å². The summed E-state index contributed by atoms with van der Waals surface area (Å²) in [5.74, 6) is -0.192. The molecule has 1 N–H and O–H groups in total. The molecule has 0 aliphatic rings. The van der Waals surface area contributed by atoms with Crippen molar-refractivity contribution in [3.8, 4) is 5.75 Å². The summed E-state index contributed by atoms with van der Waals surface area (Å²) in [6, 6.07) is 15.9. The van der Waals surface area contributed by atoms with Gasteiger partial charge in [-0.15, -0.1) is 0 Å². The maximum absolute atomic E-state index is 13.3. The molecular formula is C21H20N3O5S-. The van der Waals surface area contributed by atoms with E-state index in [9.17, 15) is 18.4 Å². The van der Waals surface area contributed by atoms with Crippen LogP contribution in [0.4, 0.5) is 0 Å². The Morgan fingerprint density at radius 3 is 2.07 bits per heavy atom. The van der Waals surface area contributed by atoms with Crippen molar-refractivity contribution in [3.05, 3.63) is 95.0 Å². The van der Waals surface area contributed by atoms with Gasteiger partial charge in [-0.25, -0.2) is 8.42 Å². The van der Waals surface area contributed by atoms with Crippen molar-refractivity contribution in [2.24, 2.45) is 0 Å². The molecule has 8 nitrogen and oxygen atoms in total. The van der Waals surface area contributed by atoms with Gasteiger partial charge in [-0.3, -0.25) is 9.78 Å². The predicted molar refractivity (Wildman–Crippen MR) is 111 cm³/mol. The van der Waals surface area contributed by atoms with E-state index in [2.05, 4.69) is 4.98 Å². The summed E-state index contributed by atoms with van der Waals surface area (Å²) in [7, 11) is -2.32. The van der Waals surface area contributed by atoms with Crippen molar-refractivity contribution in [1.82, 2.24) is 14.8 Å². The molecule has 0 unspecified atom stereocenters. The van der Waals surface area contributed by atoms with Gasteiger partial charge in [-0.05, 0) is 59.7 Å². The molecule has 0 radical (unpaired) electrons. The number of pyridine rings is 1. The number of rotatable bonds is 8. The van der Waals surface area contributed by atoms with Gasteiger partial charge in [-0.2, -0.15) is 4.31 Å². The quantitative estimate of drug-likeness (QED) is 0.555. The molecule has 30 heavy (non-hydrogen) atoms. The summed E-state index contributed by atoms with van der Waals surface area (Å²) in [4.78, 5) is 15.5. The molecule has 0 fully saturated rings. The molecule has 0 spiro atoms. The lowest BCUT2D eigenvalue weighted by atomic mass is 10.1. The number of ether oxygens (including phenoxy) is 1. The molecule has 2 aromatic carbocycles. The number of carbonyl (C=O) groups is 1. The van der Waals surface area contributed by atoms with Crippen molar-refractivity contribution < 1.29 is 17.9 Å². The SMILES string of the molecule is COc1ccc(S(=O)(=O)N(Cc2ccncc2)Cc2ccc(C(=O)N[O-])cc2)cc1. The summed E-state index contributed by atoms with van der Waals surface area (Å²) in [6.07, 6.45) is 3.20. The van der Waals surface area contributed by atoms with E-state index in [1.807, 2.05) is 0 Å². The molecule has 1 heterocycles. The number of hydrogen-bond acceptors (Lipinski definition) is 6. The Bertz CT molecular complexity index is 1090. The molecule has 0 saturated heterocycles. The highest BCUT2D eigenvalue weighted by Crippen LogP contribution is 2.23. The average molecular weight is 426 g/mol. The zero-order valence-corrected chi connectivity index (χ0v) is 17.0. The van der Waals surface area contributed by atoms with Gasteiger partial charge in [-0.1, -0.05) is 12.1 Å². The molecule has 0 bridgehead atoms. The van der Waals surface area contributed by atoms with Crippen LogP contribution >= 0.6 is 0 Å². The van der Waals surface area contributed by atoms with E-state index >= 15 is 0 Å². The van der Waals surface area contributed by atoms with E-state index in [4.69, 9.17) is 4.74 Å². The first-order valence-electron chi connectivity index (χ1n) is 8.98. The van der Waals surface area contributed by atoms with Crippen LogP contribution in [0.3, 0.4) is 0 Å². The molecule has 3 aromatic rings. The number of amides is 1. The molecule has 156 valence electrons. The monoisotopic (exact) mass is 426 g/mol. The first-order chi connectivity index (χ1) is 14.4. The largest absolute Gasteiger partial charge is 0.759 e. The molecule has 9 heteroatoms. The number of hydrogen-bond donors (Lipinski definition) is 1. The number of hydroxylamine groups is 1. The highest BCUT2D eigenvalue weighted by atomic mass is 32.2. The fourth-order valence-electron chi connectivity index (χ4n) is 2.84. The van der Waals surface area contributed by atoms with Gasteiger partial charge in [0.25, 0.3) is 0 Å². The second-order valence-corrected chi connectivity index (χ2v) is 8.37. The second kappa shape index (κ2) is 9.49. The summed E-state index contributed by atoms with van der Waals surface area (Å²) >= 11 is 0. The van der Waals surface area contributed by atoms with Crippen molar-refractivity contribution >= 4 is 15.9 Å². The molecule has 1 aromatic heterocycles. The first kappa shape index (κ1) is 21.4. The number of nitrogens with zero attached hydrogens (tertiary/aromatic N) is 2. The molecule has 0 saturated carbocycles. The fraction of sp³-hybridized carbons (Fsp3) is 0.143. The maximum atomic E-state index is 13.3. The molecule has 0 atom stereocenters. The number of nitrogens with one attached hydrogen (secondary N) is 1. The molecule has 1 amide bonds. The van der Waals surface area contributed by atoms with E-state index in [1.165, 1.54) is 41.2 Å². The lowest BCUT2D eigenvalue weighted by molar-refractivity contribution is 0.0970. The Morgan fingerprint density at radius 1 is 0.967 bits per heavy atom. The Kier molecular flexibility index (Phi) is 6.78. The highest BCUT2D eigenvalue weighted by molar-refractivity contribution is 7.89. The lowest BCUT2D eigenvalue weighted by Gasteiger charge is -2.23. The lowest BCUT2D eigenvalue weighted by Crippen LogP contribution is -2.30. The van der Waals surface area contributed by atoms with Gasteiger partial charge in [0, 0.05) is 31.0 Å². The van der Waals surface area contributed by atoms with Crippen LogP contribution < -0.4 is 10.2 Å². The Hall–Kier alpha value is -3.27. The van der Waals surface area contributed by atoms with Gasteiger partial charge >= 0.3 is 0 Å². The van der Waals surface area contributed by atoms with Gasteiger partial charge < -0.3 is 15.4 Å². The minimum absolute atomic E-state index is 0.0793. The summed E-state index contributed by atoms with van der Waals surface area (Å²) in [6.45, 7) is 0.218. The van der Waals surface area contributed by atoms with E-state index < -0.39 is 15.9 Å². The third-order valence-electron chi connectivity index (χ3n) is 4.47. The summed E-state index contributed by atoms with van der Waals surface area (Å²) in [5, 5.41) is 10.5. The van der Waals surface area contributed by atoms with Crippen LogP contribution in [0.1, 0.15) is 21.5 Å². The van der Waals surface area contributed by atoms with Crippen LogP contribution in [0.2, 0.25) is 0 Å². The third kappa shape index (κ3) is 5.01. The van der Waals surface area contributed by atoms with Gasteiger partial charge in [0.15, 0.2) is 0 Å². The average Bonchev–Trinajstić information content (AvgIpc) is 2.79. The highest BCUT2D eigenvalue weighted by Gasteiger charge is 2.25. The Balaban J connectivity index is 1.92. The zero-order valence-electron chi connectivity index (χ0n) is 16.2. The van der Waals surface area contributed by atoms with Crippen LogP contribution in [0.15, 0.2) is 78.0 Å². The standard InChI is InChI=1S/C21H20N3O5S/c1-29-19-6-8-20(9-7-19)30(27,28)24(15-17-10-12-22-13-11-17)14-16-2-4-18(5-3-16)21(25)23-26/h2-13H,14-15H2,1H3,(H-,23,25,26)/q-1. The van der Waals surface area contributed by atoms with Crippen LogP contribution in [-0.2, 0) is 23.1 Å². The van der Waals surface area contributed by atoms with E-state index in [-0.39, 0.29) is 23.5 Å². The normalized spacial score (nSPS) is 11.3. The number of benzene rings is 2. The number of aromatic nitrogens is 1. The summed E-state index contributed by atoms with van der Waals surface area (Å²) in [5.41, 5.74) is 2.97. The predicted octanol–water partition coefficient (Wildman–Crippen LogP) is 2.71. The zero-order chi connectivity index (χ0) is 21.6. The fourth-order valence-corrected chi connectivity index (χ4v) is 4.25. The Morgan fingerprint density at radius 2 is 1.53 bits per heavy atom. The van der Waals surface area contributed by atoms with Crippen LogP contribution in [-0.4, -0.2) is 30.7 Å². The van der Waals surface area contributed by atoms with E-state index in [0.717, 1.165) is 5.56 Å². The van der Waals surface area contributed by atoms with Crippen LogP contribution in [0, 0.1) is 5.21 Å². The van der Waals surface area contributed by atoms with Crippen molar-refractivity contribution in [2.45, 2.75) is 18.0 Å². The topological polar surface area (TPSA) is 112 Å². The summed E-state index contributed by atoms with van der Waals surface area (Å²) < 4.78 is 33.1.